The monoisotopic (exact) mass is 343 g/mol. The Hall–Kier alpha value is -2.98. The third-order valence-electron chi connectivity index (χ3n) is 3.57. The second-order valence-electron chi connectivity index (χ2n) is 5.31. The van der Waals surface area contributed by atoms with Crippen LogP contribution in [0.2, 0.25) is 0 Å². The lowest BCUT2D eigenvalue weighted by Crippen LogP contribution is -2.30. The van der Waals surface area contributed by atoms with E-state index in [0.717, 1.165) is 0 Å². The molecule has 0 radical (unpaired) electrons. The number of hydrogen-bond donors (Lipinski definition) is 3. The van der Waals surface area contributed by atoms with Gasteiger partial charge in [-0.2, -0.15) is 15.0 Å². The molecule has 4 N–H and O–H groups in total. The minimum atomic E-state index is -1.70. The highest BCUT2D eigenvalue weighted by Gasteiger charge is 2.19. The molecule has 1 atom stereocenters. The van der Waals surface area contributed by atoms with Crippen molar-refractivity contribution in [2.45, 2.75) is 13.0 Å². The molecule has 0 bridgehead atoms. The molecular formula is C15H15BFN5O3. The molecule has 0 spiro atoms. The van der Waals surface area contributed by atoms with Gasteiger partial charge in [0.25, 0.3) is 0 Å². The van der Waals surface area contributed by atoms with Gasteiger partial charge in [0.2, 0.25) is 0 Å². The van der Waals surface area contributed by atoms with Gasteiger partial charge >= 0.3 is 7.12 Å². The van der Waals surface area contributed by atoms with Crippen molar-refractivity contribution in [1.29, 1.82) is 0 Å². The van der Waals surface area contributed by atoms with E-state index in [-0.39, 0.29) is 17.0 Å². The lowest BCUT2D eigenvalue weighted by Gasteiger charge is -2.19. The fraction of sp³-hybridized carbons (Fsp3) is 0.133. The summed E-state index contributed by atoms with van der Waals surface area (Å²) in [6.07, 6.45) is 3.62. The molecule has 2 heterocycles. The van der Waals surface area contributed by atoms with Crippen LogP contribution in [0.4, 0.5) is 10.2 Å². The number of halogens is 1. The van der Waals surface area contributed by atoms with Crippen LogP contribution in [0.25, 0.3) is 5.69 Å². The SMILES string of the molecule is C[C@@H](Oc1cc(B(O)O)cnc1N)c1cc(F)ccc1-n1nccn1. The first-order valence-electron chi connectivity index (χ1n) is 7.40. The molecule has 10 heteroatoms. The maximum absolute atomic E-state index is 13.7. The second-order valence-corrected chi connectivity index (χ2v) is 5.31. The molecule has 25 heavy (non-hydrogen) atoms. The molecule has 3 rings (SSSR count). The van der Waals surface area contributed by atoms with E-state index in [2.05, 4.69) is 15.2 Å². The van der Waals surface area contributed by atoms with E-state index >= 15 is 0 Å². The molecule has 128 valence electrons. The van der Waals surface area contributed by atoms with Gasteiger partial charge in [-0.15, -0.1) is 0 Å². The van der Waals surface area contributed by atoms with Crippen LogP contribution in [-0.4, -0.2) is 37.1 Å². The van der Waals surface area contributed by atoms with Crippen molar-refractivity contribution in [3.63, 3.8) is 0 Å². The zero-order valence-electron chi connectivity index (χ0n) is 13.2. The highest BCUT2D eigenvalue weighted by atomic mass is 19.1. The normalized spacial score (nSPS) is 12.0. The predicted molar refractivity (Wildman–Crippen MR) is 88.8 cm³/mol. The third kappa shape index (κ3) is 3.59. The molecule has 0 saturated heterocycles. The van der Waals surface area contributed by atoms with Crippen LogP contribution in [0.15, 0.2) is 42.9 Å². The van der Waals surface area contributed by atoms with Crippen LogP contribution in [0.1, 0.15) is 18.6 Å². The molecule has 0 unspecified atom stereocenters. The summed E-state index contributed by atoms with van der Waals surface area (Å²) in [7, 11) is -1.70. The lowest BCUT2D eigenvalue weighted by molar-refractivity contribution is 0.226. The molecule has 0 amide bonds. The summed E-state index contributed by atoms with van der Waals surface area (Å²) in [4.78, 5) is 5.22. The highest BCUT2D eigenvalue weighted by Crippen LogP contribution is 2.28. The number of nitrogen functional groups attached to an aromatic ring is 1. The largest absolute Gasteiger partial charge is 0.490 e. The van der Waals surface area contributed by atoms with Gasteiger partial charge in [0.1, 0.15) is 11.9 Å². The summed E-state index contributed by atoms with van der Waals surface area (Å²) in [6, 6.07) is 5.53. The van der Waals surface area contributed by atoms with Gasteiger partial charge in [0, 0.05) is 17.2 Å². The second kappa shape index (κ2) is 6.87. The van der Waals surface area contributed by atoms with Crippen LogP contribution in [0, 0.1) is 5.82 Å². The Morgan fingerprint density at radius 2 is 1.96 bits per heavy atom. The van der Waals surface area contributed by atoms with Gasteiger partial charge in [0.05, 0.1) is 18.1 Å². The zero-order valence-corrected chi connectivity index (χ0v) is 13.2. The predicted octanol–water partition coefficient (Wildman–Crippen LogP) is 0.203. The molecule has 0 fully saturated rings. The van der Waals surface area contributed by atoms with Gasteiger partial charge in [-0.05, 0) is 31.2 Å². The average Bonchev–Trinajstić information content (AvgIpc) is 3.10. The lowest BCUT2D eigenvalue weighted by atomic mass is 9.81. The number of benzene rings is 1. The van der Waals surface area contributed by atoms with Gasteiger partial charge in [0.15, 0.2) is 11.6 Å². The Balaban J connectivity index is 1.96. The van der Waals surface area contributed by atoms with Crippen LogP contribution in [-0.2, 0) is 0 Å². The Morgan fingerprint density at radius 1 is 1.24 bits per heavy atom. The Kier molecular flexibility index (Phi) is 4.64. The standard InChI is InChI=1S/C15H15BFN5O3/c1-9(25-14-6-10(16(23)24)8-19-15(14)18)12-7-11(17)2-3-13(12)22-20-4-5-21-22/h2-9,23-24H,1H3,(H2,18,19)/t9-/m1/s1. The molecule has 3 aromatic rings. The van der Waals surface area contributed by atoms with Crippen molar-refractivity contribution in [2.75, 3.05) is 5.73 Å². The Bertz CT molecular complexity index is 876. The maximum Gasteiger partial charge on any atom is 0.490 e. The average molecular weight is 343 g/mol. The van der Waals surface area contributed by atoms with E-state index in [4.69, 9.17) is 10.5 Å². The van der Waals surface area contributed by atoms with Crippen LogP contribution in [0.3, 0.4) is 0 Å². The zero-order chi connectivity index (χ0) is 18.0. The van der Waals surface area contributed by atoms with Crippen LogP contribution >= 0.6 is 0 Å². The van der Waals surface area contributed by atoms with Gasteiger partial charge < -0.3 is 20.5 Å². The van der Waals surface area contributed by atoms with E-state index in [1.165, 1.54) is 41.6 Å². The van der Waals surface area contributed by atoms with Gasteiger partial charge in [-0.1, -0.05) is 0 Å². The first-order chi connectivity index (χ1) is 12.0. The fourth-order valence-corrected chi connectivity index (χ4v) is 2.33. The van der Waals surface area contributed by atoms with Crippen molar-refractivity contribution in [1.82, 2.24) is 20.0 Å². The molecule has 0 aliphatic rings. The van der Waals surface area contributed by atoms with Crippen molar-refractivity contribution in [3.8, 4) is 11.4 Å². The summed E-state index contributed by atoms with van der Waals surface area (Å²) >= 11 is 0. The molecule has 0 aliphatic heterocycles. The first kappa shape index (κ1) is 16.9. The van der Waals surface area contributed by atoms with E-state index < -0.39 is 19.0 Å². The van der Waals surface area contributed by atoms with Crippen LogP contribution < -0.4 is 15.9 Å². The molecular weight excluding hydrogens is 328 g/mol. The fourth-order valence-electron chi connectivity index (χ4n) is 2.33. The van der Waals surface area contributed by atoms with E-state index in [0.29, 0.717) is 11.3 Å². The number of anilines is 1. The van der Waals surface area contributed by atoms with E-state index in [9.17, 15) is 14.4 Å². The third-order valence-corrected chi connectivity index (χ3v) is 3.57. The molecule has 1 aromatic carbocycles. The van der Waals surface area contributed by atoms with Crippen LogP contribution in [0.5, 0.6) is 5.75 Å². The van der Waals surface area contributed by atoms with E-state index in [1.807, 2.05) is 0 Å². The smallest absolute Gasteiger partial charge is 0.482 e. The topological polar surface area (TPSA) is 119 Å². The number of aromatic nitrogens is 4. The van der Waals surface area contributed by atoms with Crippen molar-refractivity contribution in [3.05, 3.63) is 54.2 Å². The highest BCUT2D eigenvalue weighted by molar-refractivity contribution is 6.58. The number of ether oxygens (including phenoxy) is 1. The Morgan fingerprint density at radius 3 is 2.64 bits per heavy atom. The molecule has 2 aromatic heterocycles. The summed E-state index contributed by atoms with van der Waals surface area (Å²) in [5.41, 5.74) is 6.94. The summed E-state index contributed by atoms with van der Waals surface area (Å²) in [5.74, 6) is -0.208. The van der Waals surface area contributed by atoms with Gasteiger partial charge in [-0.25, -0.2) is 9.37 Å². The minimum absolute atomic E-state index is 0.0754. The van der Waals surface area contributed by atoms with Crippen molar-refractivity contribution < 1.29 is 19.2 Å². The summed E-state index contributed by atoms with van der Waals surface area (Å²) < 4.78 is 19.5. The number of pyridine rings is 1. The number of hydrogen-bond acceptors (Lipinski definition) is 7. The number of nitrogens with zero attached hydrogens (tertiary/aromatic N) is 4. The van der Waals surface area contributed by atoms with Crippen molar-refractivity contribution >= 4 is 18.4 Å². The minimum Gasteiger partial charge on any atom is -0.482 e. The molecule has 0 aliphatic carbocycles. The summed E-state index contributed by atoms with van der Waals surface area (Å²) in [6.45, 7) is 1.70. The number of nitrogens with two attached hydrogens (primary N) is 1. The number of rotatable bonds is 5. The quantitative estimate of drug-likeness (QED) is 0.566. The maximum atomic E-state index is 13.7. The summed E-state index contributed by atoms with van der Waals surface area (Å²) in [5, 5.41) is 26.6. The van der Waals surface area contributed by atoms with E-state index in [1.54, 1.807) is 13.0 Å². The van der Waals surface area contributed by atoms with Gasteiger partial charge in [-0.3, -0.25) is 0 Å². The molecule has 8 nitrogen and oxygen atoms in total. The molecule has 0 saturated carbocycles. The first-order valence-corrected chi connectivity index (χ1v) is 7.40. The van der Waals surface area contributed by atoms with Crippen molar-refractivity contribution in [2.24, 2.45) is 0 Å². The Labute approximate surface area is 142 Å².